The Hall–Kier alpha value is -1.69. The van der Waals surface area contributed by atoms with E-state index in [0.29, 0.717) is 25.5 Å². The summed E-state index contributed by atoms with van der Waals surface area (Å²) in [7, 11) is 0. The van der Waals surface area contributed by atoms with Crippen molar-refractivity contribution in [3.05, 3.63) is 69.8 Å². The highest BCUT2D eigenvalue weighted by Gasteiger charge is 2.33. The van der Waals surface area contributed by atoms with Gasteiger partial charge in [0.15, 0.2) is 4.32 Å². The Balaban J connectivity index is 1.95. The molecule has 0 atom stereocenters. The SMILES string of the molecule is O=C1/C(=C\c2ccccc2F)SC(=S)N1c1ccc(Cl)cc1. The molecule has 0 saturated carbocycles. The zero-order valence-corrected chi connectivity index (χ0v) is 13.5. The number of rotatable bonds is 2. The fourth-order valence-electron chi connectivity index (χ4n) is 2.01. The maximum atomic E-state index is 13.7. The zero-order valence-electron chi connectivity index (χ0n) is 11.1. The molecule has 1 saturated heterocycles. The van der Waals surface area contributed by atoms with E-state index < -0.39 is 0 Å². The quantitative estimate of drug-likeness (QED) is 0.569. The summed E-state index contributed by atoms with van der Waals surface area (Å²) in [6.45, 7) is 0. The van der Waals surface area contributed by atoms with Crippen LogP contribution in [0.3, 0.4) is 0 Å². The first-order valence-corrected chi connectivity index (χ1v) is 7.94. The van der Waals surface area contributed by atoms with Crippen LogP contribution in [-0.4, -0.2) is 10.2 Å². The van der Waals surface area contributed by atoms with Crippen LogP contribution in [0.5, 0.6) is 0 Å². The Kier molecular flexibility index (Phi) is 4.29. The fourth-order valence-corrected chi connectivity index (χ4v) is 3.43. The van der Waals surface area contributed by atoms with E-state index in [4.69, 9.17) is 23.8 Å². The third kappa shape index (κ3) is 2.92. The van der Waals surface area contributed by atoms with Gasteiger partial charge < -0.3 is 0 Å². The van der Waals surface area contributed by atoms with Crippen LogP contribution in [0.1, 0.15) is 5.56 Å². The number of anilines is 1. The molecule has 2 aromatic carbocycles. The summed E-state index contributed by atoms with van der Waals surface area (Å²) < 4.78 is 14.1. The van der Waals surface area contributed by atoms with Crippen LogP contribution < -0.4 is 4.90 Å². The number of carbonyl (C=O) groups is 1. The number of thiocarbonyl (C=S) groups is 1. The molecule has 1 aliphatic rings. The molecule has 0 aromatic heterocycles. The smallest absolute Gasteiger partial charge is 0.268 e. The summed E-state index contributed by atoms with van der Waals surface area (Å²) in [6, 6.07) is 13.1. The van der Waals surface area contributed by atoms with E-state index in [1.165, 1.54) is 17.0 Å². The molecule has 2 nitrogen and oxygen atoms in total. The minimum atomic E-state index is -0.376. The molecule has 22 heavy (non-hydrogen) atoms. The molecule has 0 aliphatic carbocycles. The first-order chi connectivity index (χ1) is 10.6. The van der Waals surface area contributed by atoms with Crippen molar-refractivity contribution in [2.45, 2.75) is 0 Å². The van der Waals surface area contributed by atoms with E-state index in [1.807, 2.05) is 0 Å². The van der Waals surface area contributed by atoms with Crippen molar-refractivity contribution < 1.29 is 9.18 Å². The topological polar surface area (TPSA) is 20.3 Å². The Labute approximate surface area is 141 Å². The third-order valence-electron chi connectivity index (χ3n) is 3.07. The molecule has 6 heteroatoms. The van der Waals surface area contributed by atoms with Crippen LogP contribution in [0.4, 0.5) is 10.1 Å². The van der Waals surface area contributed by atoms with Crippen LogP contribution in [0.25, 0.3) is 6.08 Å². The summed E-state index contributed by atoms with van der Waals surface area (Å²) in [4.78, 5) is 14.3. The molecule has 1 heterocycles. The lowest BCUT2D eigenvalue weighted by atomic mass is 10.2. The van der Waals surface area contributed by atoms with Gasteiger partial charge in [-0.15, -0.1) is 0 Å². The lowest BCUT2D eigenvalue weighted by Gasteiger charge is -2.14. The van der Waals surface area contributed by atoms with Gasteiger partial charge in [0.1, 0.15) is 5.82 Å². The van der Waals surface area contributed by atoms with Gasteiger partial charge in [-0.3, -0.25) is 9.69 Å². The molecule has 1 fully saturated rings. The van der Waals surface area contributed by atoms with Crippen molar-refractivity contribution in [1.29, 1.82) is 0 Å². The first-order valence-electron chi connectivity index (χ1n) is 6.34. The second-order valence-electron chi connectivity index (χ2n) is 4.52. The molecular formula is C16H9ClFNOS2. The second kappa shape index (κ2) is 6.20. The van der Waals surface area contributed by atoms with E-state index in [-0.39, 0.29) is 11.7 Å². The summed E-state index contributed by atoms with van der Waals surface area (Å²) in [5.41, 5.74) is 1.00. The van der Waals surface area contributed by atoms with E-state index in [1.54, 1.807) is 42.5 Å². The fraction of sp³-hybridized carbons (Fsp3) is 0. The Morgan fingerprint density at radius 1 is 1.14 bits per heavy atom. The molecule has 0 bridgehead atoms. The van der Waals surface area contributed by atoms with Crippen LogP contribution in [-0.2, 0) is 4.79 Å². The average Bonchev–Trinajstić information content (AvgIpc) is 2.77. The van der Waals surface area contributed by atoms with Gasteiger partial charge in [-0.05, 0) is 36.4 Å². The summed E-state index contributed by atoms with van der Waals surface area (Å²) >= 11 is 12.3. The van der Waals surface area contributed by atoms with Gasteiger partial charge >= 0.3 is 0 Å². The van der Waals surface area contributed by atoms with Gasteiger partial charge in [0, 0.05) is 10.6 Å². The third-order valence-corrected chi connectivity index (χ3v) is 4.62. The molecule has 1 amide bonds. The van der Waals surface area contributed by atoms with Gasteiger partial charge in [-0.1, -0.05) is 53.8 Å². The maximum absolute atomic E-state index is 13.7. The molecule has 110 valence electrons. The van der Waals surface area contributed by atoms with E-state index in [0.717, 1.165) is 11.8 Å². The number of amides is 1. The van der Waals surface area contributed by atoms with Crippen LogP contribution in [0.2, 0.25) is 5.02 Å². The summed E-state index contributed by atoms with van der Waals surface area (Å²) in [6.07, 6.45) is 1.52. The molecule has 1 aliphatic heterocycles. The van der Waals surface area contributed by atoms with Crippen molar-refractivity contribution in [1.82, 2.24) is 0 Å². The molecular weight excluding hydrogens is 341 g/mol. The lowest BCUT2D eigenvalue weighted by Crippen LogP contribution is -2.27. The lowest BCUT2D eigenvalue weighted by molar-refractivity contribution is -0.113. The maximum Gasteiger partial charge on any atom is 0.270 e. The van der Waals surface area contributed by atoms with Gasteiger partial charge in [0.05, 0.1) is 10.6 Å². The predicted molar refractivity (Wildman–Crippen MR) is 93.5 cm³/mol. The van der Waals surface area contributed by atoms with Crippen molar-refractivity contribution in [3.8, 4) is 0 Å². The van der Waals surface area contributed by atoms with Crippen molar-refractivity contribution in [2.75, 3.05) is 4.90 Å². The van der Waals surface area contributed by atoms with E-state index >= 15 is 0 Å². The number of carbonyl (C=O) groups excluding carboxylic acids is 1. The monoisotopic (exact) mass is 349 g/mol. The van der Waals surface area contributed by atoms with Crippen molar-refractivity contribution in [3.63, 3.8) is 0 Å². The molecule has 2 aromatic rings. The number of hydrogen-bond acceptors (Lipinski definition) is 3. The molecule has 0 N–H and O–H groups in total. The second-order valence-corrected chi connectivity index (χ2v) is 6.63. The molecule has 0 radical (unpaired) electrons. The van der Waals surface area contributed by atoms with E-state index in [9.17, 15) is 9.18 Å². The van der Waals surface area contributed by atoms with Crippen molar-refractivity contribution >= 4 is 57.6 Å². The molecule has 0 spiro atoms. The number of halogens is 2. The standard InChI is InChI=1S/C16H9ClFNOS2/c17-11-5-7-12(8-6-11)19-15(20)14(22-16(19)21)9-10-3-1-2-4-13(10)18/h1-9H/b14-9+. The highest BCUT2D eigenvalue weighted by Crippen LogP contribution is 2.36. The first kappa shape index (κ1) is 15.2. The number of thioether (sulfide) groups is 1. The van der Waals surface area contributed by atoms with E-state index in [2.05, 4.69) is 0 Å². The highest BCUT2D eigenvalue weighted by molar-refractivity contribution is 8.27. The average molecular weight is 350 g/mol. The van der Waals surface area contributed by atoms with Crippen molar-refractivity contribution in [2.24, 2.45) is 0 Å². The Morgan fingerprint density at radius 2 is 1.82 bits per heavy atom. The summed E-state index contributed by atoms with van der Waals surface area (Å²) in [5, 5.41) is 0.580. The zero-order chi connectivity index (χ0) is 15.7. The molecule has 3 rings (SSSR count). The Morgan fingerprint density at radius 3 is 2.50 bits per heavy atom. The number of hydrogen-bond donors (Lipinski definition) is 0. The predicted octanol–water partition coefficient (Wildman–Crippen LogP) is 4.88. The minimum absolute atomic E-state index is 0.263. The minimum Gasteiger partial charge on any atom is -0.268 e. The highest BCUT2D eigenvalue weighted by atomic mass is 35.5. The Bertz CT molecular complexity index is 789. The van der Waals surface area contributed by atoms with Gasteiger partial charge in [-0.2, -0.15) is 0 Å². The number of nitrogens with zero attached hydrogens (tertiary/aromatic N) is 1. The van der Waals surface area contributed by atoms with Crippen LogP contribution >= 0.6 is 35.6 Å². The van der Waals surface area contributed by atoms with Gasteiger partial charge in [-0.25, -0.2) is 4.39 Å². The van der Waals surface area contributed by atoms with Gasteiger partial charge in [0.25, 0.3) is 5.91 Å². The van der Waals surface area contributed by atoms with Gasteiger partial charge in [0.2, 0.25) is 0 Å². The van der Waals surface area contributed by atoms with Crippen LogP contribution in [0, 0.1) is 5.82 Å². The normalized spacial score (nSPS) is 16.6. The molecule has 0 unspecified atom stereocenters. The summed E-state index contributed by atoms with van der Waals surface area (Å²) in [5.74, 6) is -0.639. The van der Waals surface area contributed by atoms with Crippen LogP contribution in [0.15, 0.2) is 53.4 Å². The number of benzene rings is 2. The largest absolute Gasteiger partial charge is 0.270 e.